The number of benzene rings is 2. The summed E-state index contributed by atoms with van der Waals surface area (Å²) in [5, 5.41) is 4.27. The van der Waals surface area contributed by atoms with Gasteiger partial charge in [-0.2, -0.15) is 4.98 Å². The molecule has 0 aliphatic heterocycles. The third-order valence-electron chi connectivity index (χ3n) is 3.34. The van der Waals surface area contributed by atoms with Crippen molar-refractivity contribution in [1.82, 2.24) is 10.1 Å². The van der Waals surface area contributed by atoms with Crippen LogP contribution in [0.5, 0.6) is 0 Å². The van der Waals surface area contributed by atoms with E-state index in [0.717, 1.165) is 0 Å². The molecule has 3 aromatic rings. The highest BCUT2D eigenvalue weighted by Crippen LogP contribution is 2.26. The summed E-state index contributed by atoms with van der Waals surface area (Å²) in [6.07, 6.45) is 0. The van der Waals surface area contributed by atoms with Crippen LogP contribution in [-0.2, 0) is 15.6 Å². The van der Waals surface area contributed by atoms with Crippen molar-refractivity contribution in [2.75, 3.05) is 0 Å². The van der Waals surface area contributed by atoms with E-state index in [1.165, 1.54) is 12.1 Å². The molecule has 0 unspecified atom stereocenters. The minimum atomic E-state index is -3.50. The lowest BCUT2D eigenvalue weighted by molar-refractivity contribution is 0.388. The first-order valence-electron chi connectivity index (χ1n) is 7.04. The second-order valence-corrected chi connectivity index (χ2v) is 8.69. The van der Waals surface area contributed by atoms with E-state index >= 15 is 0 Å². The summed E-state index contributed by atoms with van der Waals surface area (Å²) in [5.41, 5.74) is 1.19. The second kappa shape index (κ2) is 7.33. The Hall–Kier alpha value is -1.60. The monoisotopic (exact) mass is 416 g/mol. The molecule has 0 aliphatic rings. The van der Waals surface area contributed by atoms with Gasteiger partial charge in [0.15, 0.2) is 14.7 Å². The molecule has 0 radical (unpaired) electrons. The van der Waals surface area contributed by atoms with Gasteiger partial charge in [0.25, 0.3) is 5.89 Å². The summed E-state index contributed by atoms with van der Waals surface area (Å²) < 4.78 is 30.0. The van der Waals surface area contributed by atoms with Gasteiger partial charge >= 0.3 is 0 Å². The van der Waals surface area contributed by atoms with Gasteiger partial charge < -0.3 is 4.52 Å². The van der Waals surface area contributed by atoms with Crippen LogP contribution in [0.25, 0.3) is 11.4 Å². The molecule has 0 N–H and O–H groups in total. The molecule has 2 aromatic carbocycles. The molecule has 5 nitrogen and oxygen atoms in total. The maximum atomic E-state index is 12.5. The first kappa shape index (κ1) is 18.2. The fourth-order valence-electron chi connectivity index (χ4n) is 2.19. The predicted octanol–water partition coefficient (Wildman–Crippen LogP) is 4.84. The van der Waals surface area contributed by atoms with Crippen molar-refractivity contribution in [2.45, 2.75) is 15.5 Å². The first-order chi connectivity index (χ1) is 11.8. The molecular formula is C16H11Cl3N2O3S. The fourth-order valence-corrected chi connectivity index (χ4v) is 3.83. The summed E-state index contributed by atoms with van der Waals surface area (Å²) in [6, 6.07) is 12.9. The Labute approximate surface area is 159 Å². The maximum absolute atomic E-state index is 12.5. The zero-order chi connectivity index (χ0) is 18.0. The third-order valence-corrected chi connectivity index (χ3v) is 5.67. The van der Waals surface area contributed by atoms with E-state index in [0.29, 0.717) is 16.1 Å². The molecule has 1 aromatic heterocycles. The Balaban J connectivity index is 1.87. The molecule has 0 saturated carbocycles. The molecule has 0 spiro atoms. The minimum Gasteiger partial charge on any atom is -0.336 e. The number of sulfone groups is 1. The number of aromatic nitrogens is 2. The average molecular weight is 418 g/mol. The first-order valence-corrected chi connectivity index (χ1v) is 9.95. The lowest BCUT2D eigenvalue weighted by Gasteiger charge is -2.06. The third kappa shape index (κ3) is 4.33. The van der Waals surface area contributed by atoms with E-state index in [4.69, 9.17) is 39.3 Å². The average Bonchev–Trinajstić information content (AvgIpc) is 3.05. The quantitative estimate of drug-likeness (QED) is 0.555. The summed E-state index contributed by atoms with van der Waals surface area (Å²) in [6.45, 7) is 0. The van der Waals surface area contributed by atoms with Gasteiger partial charge in [0, 0.05) is 10.6 Å². The van der Waals surface area contributed by atoms with Crippen LogP contribution in [0.1, 0.15) is 16.3 Å². The Morgan fingerprint density at radius 3 is 2.44 bits per heavy atom. The van der Waals surface area contributed by atoms with Gasteiger partial charge in [0.05, 0.1) is 10.6 Å². The smallest absolute Gasteiger partial charge is 0.260 e. The number of alkyl halides is 2. The minimum absolute atomic E-state index is 0.0810. The number of hydrogen-bond acceptors (Lipinski definition) is 5. The summed E-state index contributed by atoms with van der Waals surface area (Å²) in [4.78, 5) is 3.36. The Morgan fingerprint density at radius 1 is 1.08 bits per heavy atom. The van der Waals surface area contributed by atoms with Crippen molar-refractivity contribution in [3.63, 3.8) is 0 Å². The summed E-state index contributed by atoms with van der Waals surface area (Å²) >= 11 is 17.2. The van der Waals surface area contributed by atoms with Crippen molar-refractivity contribution in [3.8, 4) is 11.4 Å². The van der Waals surface area contributed by atoms with E-state index in [-0.39, 0.29) is 22.4 Å². The SMILES string of the molecule is O=S(=O)(Cc1cccc(-c2noc(C(Cl)Cl)n2)c1)c1ccc(Cl)cc1. The molecule has 0 bridgehead atoms. The van der Waals surface area contributed by atoms with Crippen LogP contribution in [-0.4, -0.2) is 18.6 Å². The molecular weight excluding hydrogens is 407 g/mol. The normalized spacial score (nSPS) is 11.8. The molecule has 25 heavy (non-hydrogen) atoms. The van der Waals surface area contributed by atoms with E-state index in [1.807, 2.05) is 0 Å². The fraction of sp³-hybridized carbons (Fsp3) is 0.125. The standard InChI is InChI=1S/C16H11Cl3N2O3S/c17-12-4-6-13(7-5-12)25(22,23)9-10-2-1-3-11(8-10)15-20-16(14(18)19)24-21-15/h1-8,14H,9H2. The van der Waals surface area contributed by atoms with Crippen LogP contribution in [0.15, 0.2) is 57.9 Å². The van der Waals surface area contributed by atoms with Gasteiger partial charge in [0.1, 0.15) is 0 Å². The topological polar surface area (TPSA) is 73.1 Å². The molecule has 0 atom stereocenters. The predicted molar refractivity (Wildman–Crippen MR) is 96.5 cm³/mol. The van der Waals surface area contributed by atoms with Gasteiger partial charge in [-0.1, -0.05) is 58.2 Å². The van der Waals surface area contributed by atoms with Crippen molar-refractivity contribution in [1.29, 1.82) is 0 Å². The zero-order valence-electron chi connectivity index (χ0n) is 12.6. The zero-order valence-corrected chi connectivity index (χ0v) is 15.6. The van der Waals surface area contributed by atoms with Crippen molar-refractivity contribution in [2.24, 2.45) is 0 Å². The highest BCUT2D eigenvalue weighted by Gasteiger charge is 2.18. The molecule has 1 heterocycles. The van der Waals surface area contributed by atoms with Gasteiger partial charge in [-0.25, -0.2) is 8.42 Å². The molecule has 9 heteroatoms. The van der Waals surface area contributed by atoms with Gasteiger partial charge in [0.2, 0.25) is 5.82 Å². The van der Waals surface area contributed by atoms with E-state index in [9.17, 15) is 8.42 Å². The lowest BCUT2D eigenvalue weighted by Crippen LogP contribution is -2.05. The summed E-state index contributed by atoms with van der Waals surface area (Å²) in [7, 11) is -3.50. The van der Waals surface area contributed by atoms with E-state index in [2.05, 4.69) is 10.1 Å². The van der Waals surface area contributed by atoms with Gasteiger partial charge in [-0.3, -0.25) is 0 Å². The van der Waals surface area contributed by atoms with E-state index < -0.39 is 14.7 Å². The number of nitrogens with zero attached hydrogens (tertiary/aromatic N) is 2. The molecule has 0 amide bonds. The second-order valence-electron chi connectivity index (χ2n) is 5.17. The number of rotatable bonds is 5. The Bertz CT molecular complexity index is 986. The van der Waals surface area contributed by atoms with Gasteiger partial charge in [-0.15, -0.1) is 0 Å². The van der Waals surface area contributed by atoms with Crippen molar-refractivity contribution >= 4 is 44.6 Å². The van der Waals surface area contributed by atoms with Crippen molar-refractivity contribution in [3.05, 3.63) is 65.0 Å². The van der Waals surface area contributed by atoms with Crippen LogP contribution in [0.4, 0.5) is 0 Å². The lowest BCUT2D eigenvalue weighted by atomic mass is 10.1. The van der Waals surface area contributed by atoms with Crippen LogP contribution in [0.2, 0.25) is 5.02 Å². The van der Waals surface area contributed by atoms with Crippen LogP contribution >= 0.6 is 34.8 Å². The molecule has 130 valence electrons. The largest absolute Gasteiger partial charge is 0.336 e. The Kier molecular flexibility index (Phi) is 5.34. The van der Waals surface area contributed by atoms with E-state index in [1.54, 1.807) is 36.4 Å². The number of halogens is 3. The van der Waals surface area contributed by atoms with Crippen LogP contribution in [0.3, 0.4) is 0 Å². The van der Waals surface area contributed by atoms with Crippen LogP contribution in [0, 0.1) is 0 Å². The molecule has 0 saturated heterocycles. The van der Waals surface area contributed by atoms with Crippen LogP contribution < -0.4 is 0 Å². The molecule has 3 rings (SSSR count). The molecule has 0 fully saturated rings. The Morgan fingerprint density at radius 2 is 1.80 bits per heavy atom. The number of hydrogen-bond donors (Lipinski definition) is 0. The van der Waals surface area contributed by atoms with Gasteiger partial charge in [-0.05, 0) is 35.9 Å². The highest BCUT2D eigenvalue weighted by atomic mass is 35.5. The highest BCUT2D eigenvalue weighted by molar-refractivity contribution is 7.90. The summed E-state index contributed by atoms with van der Waals surface area (Å²) in [5.74, 6) is 0.199. The maximum Gasteiger partial charge on any atom is 0.260 e. The van der Waals surface area contributed by atoms with Crippen molar-refractivity contribution < 1.29 is 12.9 Å². The molecule has 0 aliphatic carbocycles.